The van der Waals surface area contributed by atoms with E-state index in [0.717, 1.165) is 19.4 Å². The van der Waals surface area contributed by atoms with Gasteiger partial charge in [-0.15, -0.1) is 0 Å². The maximum atomic E-state index is 14.1. The van der Waals surface area contributed by atoms with Crippen LogP contribution in [0.25, 0.3) is 16.9 Å². The molecule has 3 aromatic rings. The van der Waals surface area contributed by atoms with E-state index in [0.29, 0.717) is 60.3 Å². The molecule has 1 aliphatic carbocycles. The average molecular weight is 500 g/mol. The SMILES string of the molecule is C[C@H]1COCCN1c1cc(-n2c(C(F)F)nc3ccccc32)nc(NCC2CCC(N(C)C)CC2)n1. The molecule has 10 heteroatoms. The molecule has 0 bridgehead atoms. The maximum Gasteiger partial charge on any atom is 0.296 e. The van der Waals surface area contributed by atoms with Crippen molar-refractivity contribution in [2.75, 3.05) is 50.6 Å². The molecule has 194 valence electrons. The summed E-state index contributed by atoms with van der Waals surface area (Å²) in [6, 6.07) is 9.70. The lowest BCUT2D eigenvalue weighted by molar-refractivity contribution is 0.0985. The number of anilines is 2. The van der Waals surface area contributed by atoms with Crippen LogP contribution in [0.1, 0.15) is 44.9 Å². The van der Waals surface area contributed by atoms with Crippen molar-refractivity contribution >= 4 is 22.8 Å². The summed E-state index contributed by atoms with van der Waals surface area (Å²) >= 11 is 0. The summed E-state index contributed by atoms with van der Waals surface area (Å²) in [7, 11) is 4.29. The Morgan fingerprint density at radius 3 is 2.56 bits per heavy atom. The summed E-state index contributed by atoms with van der Waals surface area (Å²) in [5.74, 6) is 1.76. The van der Waals surface area contributed by atoms with Crippen LogP contribution in [0.15, 0.2) is 30.3 Å². The van der Waals surface area contributed by atoms with E-state index in [-0.39, 0.29) is 11.9 Å². The summed E-state index contributed by atoms with van der Waals surface area (Å²) in [5.41, 5.74) is 1.11. The van der Waals surface area contributed by atoms with Gasteiger partial charge in [-0.3, -0.25) is 4.57 Å². The van der Waals surface area contributed by atoms with Gasteiger partial charge in [-0.1, -0.05) is 12.1 Å². The van der Waals surface area contributed by atoms with E-state index in [4.69, 9.17) is 14.7 Å². The van der Waals surface area contributed by atoms with Gasteiger partial charge in [-0.2, -0.15) is 9.97 Å². The smallest absolute Gasteiger partial charge is 0.296 e. The van der Waals surface area contributed by atoms with Crippen molar-refractivity contribution in [2.45, 2.75) is 51.1 Å². The molecule has 1 saturated carbocycles. The molecular weight excluding hydrogens is 464 g/mol. The minimum atomic E-state index is -2.73. The molecule has 36 heavy (non-hydrogen) atoms. The van der Waals surface area contributed by atoms with E-state index in [1.807, 2.05) is 6.07 Å². The summed E-state index contributed by atoms with van der Waals surface area (Å²) in [4.78, 5) is 18.2. The first-order valence-electron chi connectivity index (χ1n) is 12.8. The number of nitrogens with one attached hydrogen (secondary N) is 1. The third-order valence-corrected chi connectivity index (χ3v) is 7.47. The number of hydrogen-bond donors (Lipinski definition) is 1. The number of nitrogens with zero attached hydrogens (tertiary/aromatic N) is 6. The highest BCUT2D eigenvalue weighted by Gasteiger charge is 2.26. The predicted octanol–water partition coefficient (Wildman–Crippen LogP) is 4.51. The van der Waals surface area contributed by atoms with E-state index in [1.54, 1.807) is 24.3 Å². The van der Waals surface area contributed by atoms with Gasteiger partial charge in [0, 0.05) is 25.2 Å². The number of hydrogen-bond acceptors (Lipinski definition) is 7. The molecule has 0 spiro atoms. The van der Waals surface area contributed by atoms with Crippen LogP contribution in [0.5, 0.6) is 0 Å². The van der Waals surface area contributed by atoms with Gasteiger partial charge in [0.25, 0.3) is 6.43 Å². The number of para-hydroxylation sites is 2. The van der Waals surface area contributed by atoms with Gasteiger partial charge in [0.05, 0.1) is 30.3 Å². The topological polar surface area (TPSA) is 71.3 Å². The van der Waals surface area contributed by atoms with Crippen molar-refractivity contribution in [3.8, 4) is 5.82 Å². The summed E-state index contributed by atoms with van der Waals surface area (Å²) in [6.07, 6.45) is 1.90. The van der Waals surface area contributed by atoms with Crippen molar-refractivity contribution in [2.24, 2.45) is 5.92 Å². The van der Waals surface area contributed by atoms with E-state index in [2.05, 4.69) is 41.1 Å². The van der Waals surface area contributed by atoms with Crippen LogP contribution < -0.4 is 10.2 Å². The van der Waals surface area contributed by atoms with E-state index >= 15 is 0 Å². The number of morpholine rings is 1. The summed E-state index contributed by atoms with van der Waals surface area (Å²) < 4.78 is 35.2. The summed E-state index contributed by atoms with van der Waals surface area (Å²) in [6.45, 7) is 4.70. The molecule has 1 N–H and O–H groups in total. The number of imidazole rings is 1. The number of halogens is 2. The Bertz CT molecular complexity index is 1180. The molecule has 1 atom stereocenters. The van der Waals surface area contributed by atoms with E-state index < -0.39 is 6.43 Å². The summed E-state index contributed by atoms with van der Waals surface area (Å²) in [5, 5.41) is 3.44. The van der Waals surface area contributed by atoms with Gasteiger partial charge in [0.1, 0.15) is 11.6 Å². The Hall–Kier alpha value is -2.85. The van der Waals surface area contributed by atoms with Crippen molar-refractivity contribution in [1.82, 2.24) is 24.4 Å². The fourth-order valence-electron chi connectivity index (χ4n) is 5.36. The van der Waals surface area contributed by atoms with Gasteiger partial charge in [0.15, 0.2) is 5.82 Å². The Morgan fingerprint density at radius 1 is 1.08 bits per heavy atom. The zero-order valence-electron chi connectivity index (χ0n) is 21.2. The number of ether oxygens (including phenoxy) is 1. The van der Waals surface area contributed by atoms with Crippen molar-refractivity contribution < 1.29 is 13.5 Å². The second kappa shape index (κ2) is 10.6. The first-order valence-corrected chi connectivity index (χ1v) is 12.8. The van der Waals surface area contributed by atoms with Crippen LogP contribution >= 0.6 is 0 Å². The maximum absolute atomic E-state index is 14.1. The fourth-order valence-corrected chi connectivity index (χ4v) is 5.36. The normalized spacial score (nSPS) is 23.1. The van der Waals surface area contributed by atoms with E-state index in [1.165, 1.54) is 17.4 Å². The molecule has 2 aliphatic rings. The van der Waals surface area contributed by atoms with Crippen molar-refractivity contribution in [1.29, 1.82) is 0 Å². The number of alkyl halides is 2. The molecule has 1 saturated heterocycles. The van der Waals surface area contributed by atoms with Crippen LogP contribution in [0.4, 0.5) is 20.5 Å². The van der Waals surface area contributed by atoms with Gasteiger partial charge in [-0.25, -0.2) is 13.8 Å². The largest absolute Gasteiger partial charge is 0.377 e. The molecule has 2 fully saturated rings. The van der Waals surface area contributed by atoms with Crippen LogP contribution in [0, 0.1) is 5.92 Å². The molecule has 1 aromatic carbocycles. The Kier molecular flexibility index (Phi) is 7.34. The minimum absolute atomic E-state index is 0.116. The van der Waals surface area contributed by atoms with Gasteiger partial charge >= 0.3 is 0 Å². The number of benzene rings is 1. The van der Waals surface area contributed by atoms with Crippen LogP contribution in [-0.4, -0.2) is 76.9 Å². The van der Waals surface area contributed by atoms with Gasteiger partial charge in [-0.05, 0) is 64.8 Å². The Labute approximate surface area is 210 Å². The second-order valence-electron chi connectivity index (χ2n) is 10.1. The zero-order valence-corrected chi connectivity index (χ0v) is 21.2. The molecule has 0 amide bonds. The molecule has 1 aliphatic heterocycles. The molecule has 0 unspecified atom stereocenters. The molecule has 0 radical (unpaired) electrons. The molecule has 5 rings (SSSR count). The Balaban J connectivity index is 1.48. The lowest BCUT2D eigenvalue weighted by atomic mass is 9.85. The van der Waals surface area contributed by atoms with Gasteiger partial charge in [0.2, 0.25) is 5.95 Å². The highest BCUT2D eigenvalue weighted by atomic mass is 19.3. The zero-order chi connectivity index (χ0) is 25.2. The minimum Gasteiger partial charge on any atom is -0.377 e. The number of fused-ring (bicyclic) bond motifs is 1. The molecule has 2 aromatic heterocycles. The number of aromatic nitrogens is 4. The van der Waals surface area contributed by atoms with Crippen LogP contribution in [0.2, 0.25) is 0 Å². The van der Waals surface area contributed by atoms with Gasteiger partial charge < -0.3 is 19.9 Å². The highest BCUT2D eigenvalue weighted by Crippen LogP contribution is 2.31. The highest BCUT2D eigenvalue weighted by molar-refractivity contribution is 5.78. The molecule has 3 heterocycles. The van der Waals surface area contributed by atoms with E-state index in [9.17, 15) is 8.78 Å². The lowest BCUT2D eigenvalue weighted by Crippen LogP contribution is -2.44. The van der Waals surface area contributed by atoms with Crippen LogP contribution in [0.3, 0.4) is 0 Å². The van der Waals surface area contributed by atoms with Crippen LogP contribution in [-0.2, 0) is 4.74 Å². The molecular formula is C26H35F2N7O. The van der Waals surface area contributed by atoms with Crippen molar-refractivity contribution in [3.05, 3.63) is 36.2 Å². The fraction of sp³-hybridized carbons (Fsp3) is 0.577. The third kappa shape index (κ3) is 5.15. The molecule has 8 nitrogen and oxygen atoms in total. The first kappa shape index (κ1) is 24.8. The second-order valence-corrected chi connectivity index (χ2v) is 10.1. The lowest BCUT2D eigenvalue weighted by Gasteiger charge is -2.34. The number of rotatable bonds is 7. The average Bonchev–Trinajstić information content (AvgIpc) is 3.28. The predicted molar refractivity (Wildman–Crippen MR) is 137 cm³/mol. The monoisotopic (exact) mass is 499 g/mol. The first-order chi connectivity index (χ1) is 17.4. The Morgan fingerprint density at radius 2 is 1.83 bits per heavy atom. The van der Waals surface area contributed by atoms with Crippen molar-refractivity contribution in [3.63, 3.8) is 0 Å². The standard InChI is InChI=1S/C26H35F2N7O/c1-17-16-36-13-12-34(17)22-14-23(35-21-7-5-4-6-20(21)30-25(35)24(27)28)32-26(31-22)29-15-18-8-10-19(11-9-18)33(2)3/h4-7,14,17-19,24H,8-13,15-16H2,1-3H3,(H,29,31,32)/t17-,18?,19?/m0/s1. The third-order valence-electron chi connectivity index (χ3n) is 7.47. The quantitative estimate of drug-likeness (QED) is 0.513.